The van der Waals surface area contributed by atoms with Crippen LogP contribution in [0.25, 0.3) is 5.69 Å². The quantitative estimate of drug-likeness (QED) is 0.917. The van der Waals surface area contributed by atoms with Crippen LogP contribution in [0.15, 0.2) is 30.5 Å². The van der Waals surface area contributed by atoms with E-state index in [1.54, 1.807) is 0 Å². The molecular formula is C14H16ClN3. The highest BCUT2D eigenvalue weighted by molar-refractivity contribution is 6.32. The first-order valence-electron chi connectivity index (χ1n) is 6.27. The Morgan fingerprint density at radius 1 is 1.39 bits per heavy atom. The molecule has 1 saturated carbocycles. The number of aromatic nitrogens is 2. The van der Waals surface area contributed by atoms with Gasteiger partial charge in [-0.1, -0.05) is 17.7 Å². The molecular weight excluding hydrogens is 246 g/mol. The Morgan fingerprint density at radius 3 is 2.94 bits per heavy atom. The maximum absolute atomic E-state index is 6.23. The van der Waals surface area contributed by atoms with E-state index in [2.05, 4.69) is 10.4 Å². The van der Waals surface area contributed by atoms with E-state index in [-0.39, 0.29) is 0 Å². The van der Waals surface area contributed by atoms with E-state index in [1.807, 2.05) is 42.1 Å². The molecule has 0 amide bonds. The van der Waals surface area contributed by atoms with Crippen LogP contribution in [0.5, 0.6) is 0 Å². The number of nitrogens with one attached hydrogen (secondary N) is 1. The molecule has 3 rings (SSSR count). The summed E-state index contributed by atoms with van der Waals surface area (Å²) in [7, 11) is 0. The summed E-state index contributed by atoms with van der Waals surface area (Å²) in [5.74, 6) is 0. The van der Waals surface area contributed by atoms with Gasteiger partial charge < -0.3 is 5.32 Å². The Morgan fingerprint density at radius 2 is 2.22 bits per heavy atom. The van der Waals surface area contributed by atoms with Crippen LogP contribution >= 0.6 is 11.6 Å². The Labute approximate surface area is 112 Å². The molecule has 0 unspecified atom stereocenters. The third-order valence-corrected chi connectivity index (χ3v) is 3.45. The highest BCUT2D eigenvalue weighted by Crippen LogP contribution is 2.22. The van der Waals surface area contributed by atoms with Crippen molar-refractivity contribution < 1.29 is 0 Å². The normalized spacial score (nSPS) is 15.0. The first-order valence-corrected chi connectivity index (χ1v) is 6.64. The van der Waals surface area contributed by atoms with Gasteiger partial charge in [0, 0.05) is 18.8 Å². The van der Waals surface area contributed by atoms with Gasteiger partial charge in [-0.15, -0.1) is 0 Å². The van der Waals surface area contributed by atoms with Crippen molar-refractivity contribution in [2.24, 2.45) is 0 Å². The minimum absolute atomic E-state index is 0.707. The lowest BCUT2D eigenvalue weighted by Crippen LogP contribution is -2.15. The van der Waals surface area contributed by atoms with Crippen molar-refractivity contribution in [3.8, 4) is 5.69 Å². The van der Waals surface area contributed by atoms with Gasteiger partial charge in [-0.25, -0.2) is 4.68 Å². The zero-order valence-electron chi connectivity index (χ0n) is 10.4. The second kappa shape index (κ2) is 4.75. The molecule has 0 aliphatic heterocycles. The Bertz CT molecular complexity index is 558. The fraction of sp³-hybridized carbons (Fsp3) is 0.357. The summed E-state index contributed by atoms with van der Waals surface area (Å²) < 4.78 is 1.84. The van der Waals surface area contributed by atoms with Crippen LogP contribution in [0.2, 0.25) is 5.02 Å². The number of nitrogens with zero attached hydrogens (tertiary/aromatic N) is 2. The van der Waals surface area contributed by atoms with E-state index in [4.69, 9.17) is 11.6 Å². The summed E-state index contributed by atoms with van der Waals surface area (Å²) in [4.78, 5) is 0. The molecule has 18 heavy (non-hydrogen) atoms. The predicted octanol–water partition coefficient (Wildman–Crippen LogP) is 3.09. The number of hydrogen-bond acceptors (Lipinski definition) is 2. The Balaban J connectivity index is 1.78. The van der Waals surface area contributed by atoms with Crippen molar-refractivity contribution >= 4 is 11.6 Å². The van der Waals surface area contributed by atoms with Gasteiger partial charge in [0.2, 0.25) is 0 Å². The van der Waals surface area contributed by atoms with Crippen LogP contribution in [-0.2, 0) is 6.54 Å². The molecule has 0 atom stereocenters. The number of rotatable bonds is 4. The highest BCUT2D eigenvalue weighted by atomic mass is 35.5. The van der Waals surface area contributed by atoms with Crippen molar-refractivity contribution in [3.05, 3.63) is 46.7 Å². The van der Waals surface area contributed by atoms with Crippen molar-refractivity contribution in [3.63, 3.8) is 0 Å². The summed E-state index contributed by atoms with van der Waals surface area (Å²) in [6.07, 6.45) is 4.55. The fourth-order valence-corrected chi connectivity index (χ4v) is 2.25. The second-order valence-electron chi connectivity index (χ2n) is 4.86. The van der Waals surface area contributed by atoms with Gasteiger partial charge in [0.15, 0.2) is 0 Å². The topological polar surface area (TPSA) is 29.9 Å². The maximum Gasteiger partial charge on any atom is 0.0832 e. The lowest BCUT2D eigenvalue weighted by Gasteiger charge is -2.05. The molecule has 1 fully saturated rings. The van der Waals surface area contributed by atoms with Crippen molar-refractivity contribution in [2.45, 2.75) is 32.4 Å². The molecule has 0 radical (unpaired) electrons. The highest BCUT2D eigenvalue weighted by Gasteiger charge is 2.20. The van der Waals surface area contributed by atoms with E-state index >= 15 is 0 Å². The van der Waals surface area contributed by atoms with Gasteiger partial charge in [-0.2, -0.15) is 5.10 Å². The summed E-state index contributed by atoms with van der Waals surface area (Å²) in [6, 6.07) is 8.75. The SMILES string of the molecule is Cc1ccc(-n2ccc(CNC3CC3)n2)c(Cl)c1. The molecule has 0 spiro atoms. The molecule has 4 heteroatoms. The Kier molecular flexibility index (Phi) is 3.10. The predicted molar refractivity (Wildman–Crippen MR) is 73.2 cm³/mol. The third-order valence-electron chi connectivity index (χ3n) is 3.14. The summed E-state index contributed by atoms with van der Waals surface area (Å²) in [5, 5.41) is 8.73. The molecule has 0 bridgehead atoms. The van der Waals surface area contributed by atoms with Crippen LogP contribution < -0.4 is 5.32 Å². The maximum atomic E-state index is 6.23. The molecule has 2 aromatic rings. The van der Waals surface area contributed by atoms with Gasteiger partial charge in [0.25, 0.3) is 0 Å². The third kappa shape index (κ3) is 2.57. The van der Waals surface area contributed by atoms with Crippen LogP contribution in [0.1, 0.15) is 24.1 Å². The van der Waals surface area contributed by atoms with Gasteiger partial charge in [-0.3, -0.25) is 0 Å². The summed E-state index contributed by atoms with van der Waals surface area (Å²) in [6.45, 7) is 2.87. The molecule has 3 nitrogen and oxygen atoms in total. The molecule has 0 saturated heterocycles. The van der Waals surface area contributed by atoms with Crippen molar-refractivity contribution in [2.75, 3.05) is 0 Å². The number of halogens is 1. The number of aryl methyl sites for hydroxylation is 1. The first-order chi connectivity index (χ1) is 8.72. The summed E-state index contributed by atoms with van der Waals surface area (Å²) in [5.41, 5.74) is 3.14. The zero-order valence-corrected chi connectivity index (χ0v) is 11.1. The molecule has 1 aromatic heterocycles. The Hall–Kier alpha value is -1.32. The van der Waals surface area contributed by atoms with Crippen LogP contribution in [0.4, 0.5) is 0 Å². The van der Waals surface area contributed by atoms with Crippen LogP contribution in [-0.4, -0.2) is 15.8 Å². The summed E-state index contributed by atoms with van der Waals surface area (Å²) >= 11 is 6.23. The standard InChI is InChI=1S/C14H16ClN3/c1-10-2-5-14(13(15)8-10)18-7-6-12(17-18)9-16-11-3-4-11/h2,5-8,11,16H,3-4,9H2,1H3. The minimum Gasteiger partial charge on any atom is -0.308 e. The monoisotopic (exact) mass is 261 g/mol. The molecule has 1 aromatic carbocycles. The van der Waals surface area contributed by atoms with Gasteiger partial charge in [0.1, 0.15) is 0 Å². The number of hydrogen-bond donors (Lipinski definition) is 1. The van der Waals surface area contributed by atoms with E-state index in [1.165, 1.54) is 12.8 Å². The van der Waals surface area contributed by atoms with Gasteiger partial charge in [-0.05, 0) is 43.5 Å². The van der Waals surface area contributed by atoms with E-state index in [0.717, 1.165) is 28.5 Å². The molecule has 1 aliphatic carbocycles. The second-order valence-corrected chi connectivity index (χ2v) is 5.27. The molecule has 1 N–H and O–H groups in total. The molecule has 1 heterocycles. The lowest BCUT2D eigenvalue weighted by atomic mass is 10.2. The van der Waals surface area contributed by atoms with Crippen LogP contribution in [0, 0.1) is 6.92 Å². The zero-order chi connectivity index (χ0) is 12.5. The number of benzene rings is 1. The average Bonchev–Trinajstić information content (AvgIpc) is 3.05. The van der Waals surface area contributed by atoms with Crippen molar-refractivity contribution in [1.82, 2.24) is 15.1 Å². The van der Waals surface area contributed by atoms with E-state index in [9.17, 15) is 0 Å². The first kappa shape index (κ1) is 11.8. The van der Waals surface area contributed by atoms with Gasteiger partial charge in [0.05, 0.1) is 16.4 Å². The van der Waals surface area contributed by atoms with Crippen molar-refractivity contribution in [1.29, 1.82) is 0 Å². The van der Waals surface area contributed by atoms with Gasteiger partial charge >= 0.3 is 0 Å². The fourth-order valence-electron chi connectivity index (χ4n) is 1.92. The molecule has 1 aliphatic rings. The lowest BCUT2D eigenvalue weighted by molar-refractivity contribution is 0.665. The van der Waals surface area contributed by atoms with E-state index in [0.29, 0.717) is 6.04 Å². The smallest absolute Gasteiger partial charge is 0.0832 e. The average molecular weight is 262 g/mol. The largest absolute Gasteiger partial charge is 0.308 e. The van der Waals surface area contributed by atoms with Crippen LogP contribution in [0.3, 0.4) is 0 Å². The molecule has 94 valence electrons. The minimum atomic E-state index is 0.707. The van der Waals surface area contributed by atoms with E-state index < -0.39 is 0 Å².